The molecule has 0 N–H and O–H groups in total. The molecule has 4 rings (SSSR count). The lowest BCUT2D eigenvalue weighted by Gasteiger charge is -2.15. The Morgan fingerprint density at radius 2 is 1.54 bits per heavy atom. The summed E-state index contributed by atoms with van der Waals surface area (Å²) in [5.74, 6) is -1.40. The maximum atomic E-state index is 12.8. The number of rotatable bonds is 4. The van der Waals surface area contributed by atoms with Crippen LogP contribution in [0.2, 0.25) is 0 Å². The third-order valence-electron chi connectivity index (χ3n) is 4.45. The Labute approximate surface area is 160 Å². The Bertz CT molecular complexity index is 1120. The van der Waals surface area contributed by atoms with Gasteiger partial charge >= 0.3 is 0 Å². The number of aromatic carboxylic acids is 1. The minimum absolute atomic E-state index is 0.113. The van der Waals surface area contributed by atoms with Crippen molar-refractivity contribution in [1.29, 1.82) is 0 Å². The van der Waals surface area contributed by atoms with Gasteiger partial charge in [0.2, 0.25) is 0 Å². The van der Waals surface area contributed by atoms with E-state index in [9.17, 15) is 19.5 Å². The molecular formula is C22H14NO5-. The molecule has 0 aromatic heterocycles. The largest absolute Gasteiger partial charge is 0.545 e. The molecule has 0 fully saturated rings. The van der Waals surface area contributed by atoms with Crippen molar-refractivity contribution in [2.75, 3.05) is 4.90 Å². The Morgan fingerprint density at radius 1 is 0.857 bits per heavy atom. The number of carboxylic acids is 1. The molecule has 6 heteroatoms. The van der Waals surface area contributed by atoms with Crippen LogP contribution in [0.5, 0.6) is 11.5 Å². The topological polar surface area (TPSA) is 86.7 Å². The van der Waals surface area contributed by atoms with Crippen molar-refractivity contribution >= 4 is 23.5 Å². The highest BCUT2D eigenvalue weighted by atomic mass is 16.5. The predicted molar refractivity (Wildman–Crippen MR) is 99.6 cm³/mol. The number of aryl methyl sites for hydroxylation is 1. The highest BCUT2D eigenvalue weighted by Gasteiger charge is 2.37. The van der Waals surface area contributed by atoms with E-state index in [4.69, 9.17) is 4.74 Å². The molecule has 0 radical (unpaired) electrons. The highest BCUT2D eigenvalue weighted by Crippen LogP contribution is 2.32. The molecule has 6 nitrogen and oxygen atoms in total. The molecular weight excluding hydrogens is 358 g/mol. The average molecular weight is 372 g/mol. The number of hydrogen-bond donors (Lipinski definition) is 0. The molecule has 3 aromatic rings. The van der Waals surface area contributed by atoms with Crippen molar-refractivity contribution < 1.29 is 24.2 Å². The van der Waals surface area contributed by atoms with Crippen molar-refractivity contribution in [3.8, 4) is 11.5 Å². The first-order chi connectivity index (χ1) is 13.4. The van der Waals surface area contributed by atoms with Crippen LogP contribution in [0.1, 0.15) is 36.6 Å². The number of carboxylic acid groups (broad SMARTS) is 1. The minimum atomic E-state index is -1.38. The second-order valence-electron chi connectivity index (χ2n) is 6.41. The van der Waals surface area contributed by atoms with Crippen molar-refractivity contribution in [3.05, 3.63) is 89.0 Å². The molecule has 0 saturated heterocycles. The number of carbonyl (C=O) groups is 3. The van der Waals surface area contributed by atoms with Crippen LogP contribution in [0.25, 0.3) is 0 Å². The van der Waals surface area contributed by atoms with Gasteiger partial charge in [-0.1, -0.05) is 29.8 Å². The normalized spacial score (nSPS) is 12.8. The molecule has 0 spiro atoms. The number of imide groups is 1. The van der Waals surface area contributed by atoms with Crippen LogP contribution >= 0.6 is 0 Å². The van der Waals surface area contributed by atoms with Crippen LogP contribution in [-0.2, 0) is 0 Å². The Hall–Kier alpha value is -3.93. The van der Waals surface area contributed by atoms with E-state index in [1.54, 1.807) is 6.07 Å². The van der Waals surface area contributed by atoms with Gasteiger partial charge in [0.25, 0.3) is 11.8 Å². The highest BCUT2D eigenvalue weighted by molar-refractivity contribution is 6.34. The number of carbonyl (C=O) groups excluding carboxylic acids is 3. The molecule has 0 atom stereocenters. The van der Waals surface area contributed by atoms with Gasteiger partial charge in [-0.2, -0.15) is 0 Å². The van der Waals surface area contributed by atoms with E-state index in [0.717, 1.165) is 10.5 Å². The maximum absolute atomic E-state index is 12.8. The van der Waals surface area contributed by atoms with Crippen LogP contribution in [-0.4, -0.2) is 17.8 Å². The van der Waals surface area contributed by atoms with Crippen molar-refractivity contribution in [2.24, 2.45) is 0 Å². The van der Waals surface area contributed by atoms with E-state index >= 15 is 0 Å². The fraction of sp³-hybridized carbons (Fsp3) is 0.0455. The van der Waals surface area contributed by atoms with Crippen molar-refractivity contribution in [2.45, 2.75) is 6.92 Å². The fourth-order valence-electron chi connectivity index (χ4n) is 3.03. The number of fused-ring (bicyclic) bond motifs is 1. The van der Waals surface area contributed by atoms with Gasteiger partial charge in [0.1, 0.15) is 11.5 Å². The molecule has 1 aliphatic rings. The zero-order valence-electron chi connectivity index (χ0n) is 14.8. The van der Waals surface area contributed by atoms with Gasteiger partial charge in [-0.05, 0) is 55.0 Å². The first-order valence-electron chi connectivity index (χ1n) is 8.53. The van der Waals surface area contributed by atoms with E-state index in [0.29, 0.717) is 11.5 Å². The summed E-state index contributed by atoms with van der Waals surface area (Å²) in [5, 5.41) is 11.1. The van der Waals surface area contributed by atoms with Gasteiger partial charge in [0, 0.05) is 0 Å². The molecule has 0 unspecified atom stereocenters. The Kier molecular flexibility index (Phi) is 4.16. The van der Waals surface area contributed by atoms with E-state index in [1.807, 2.05) is 31.2 Å². The molecule has 0 saturated carbocycles. The third-order valence-corrected chi connectivity index (χ3v) is 4.45. The smallest absolute Gasteiger partial charge is 0.266 e. The van der Waals surface area contributed by atoms with Gasteiger partial charge in [-0.3, -0.25) is 9.59 Å². The Morgan fingerprint density at radius 3 is 2.25 bits per heavy atom. The number of amides is 2. The van der Waals surface area contributed by atoms with Gasteiger partial charge in [0.15, 0.2) is 0 Å². The quantitative estimate of drug-likeness (QED) is 0.657. The second-order valence-corrected chi connectivity index (χ2v) is 6.41. The van der Waals surface area contributed by atoms with Gasteiger partial charge in [-0.15, -0.1) is 0 Å². The monoisotopic (exact) mass is 372 g/mol. The average Bonchev–Trinajstić information content (AvgIpc) is 2.94. The van der Waals surface area contributed by atoms with Crippen LogP contribution in [0, 0.1) is 6.92 Å². The summed E-state index contributed by atoms with van der Waals surface area (Å²) >= 11 is 0. The molecule has 2 amide bonds. The minimum Gasteiger partial charge on any atom is -0.545 e. The second kappa shape index (κ2) is 6.66. The first-order valence-corrected chi connectivity index (χ1v) is 8.53. The predicted octanol–water partition coefficient (Wildman–Crippen LogP) is 2.95. The summed E-state index contributed by atoms with van der Waals surface area (Å²) < 4.78 is 5.77. The number of anilines is 1. The maximum Gasteiger partial charge on any atom is 0.266 e. The molecule has 1 heterocycles. The first kappa shape index (κ1) is 17.5. The molecule has 1 aliphatic heterocycles. The SMILES string of the molecule is Cc1ccc(Oc2ccc3c(c2)C(=O)N(c2cccc(C(=O)[O-])c2)C3=O)cc1. The number of nitrogens with zero attached hydrogens (tertiary/aromatic N) is 1. The summed E-state index contributed by atoms with van der Waals surface area (Å²) in [5.41, 5.74) is 1.59. The summed E-state index contributed by atoms with van der Waals surface area (Å²) in [7, 11) is 0. The Balaban J connectivity index is 1.66. The van der Waals surface area contributed by atoms with E-state index in [1.165, 1.54) is 36.4 Å². The number of ether oxygens (including phenoxy) is 1. The van der Waals surface area contributed by atoms with Gasteiger partial charge < -0.3 is 14.6 Å². The zero-order valence-corrected chi connectivity index (χ0v) is 14.8. The van der Waals surface area contributed by atoms with Crippen LogP contribution < -0.4 is 14.7 Å². The van der Waals surface area contributed by atoms with E-state index in [-0.39, 0.29) is 22.4 Å². The number of benzene rings is 3. The summed E-state index contributed by atoms with van der Waals surface area (Å²) in [6, 6.07) is 17.6. The van der Waals surface area contributed by atoms with Crippen LogP contribution in [0.3, 0.4) is 0 Å². The lowest BCUT2D eigenvalue weighted by atomic mass is 10.1. The fourth-order valence-corrected chi connectivity index (χ4v) is 3.03. The standard InChI is InChI=1S/C22H15NO5/c1-13-5-7-16(8-6-13)28-17-9-10-18-19(12-17)21(25)23(20(18)24)15-4-2-3-14(11-15)22(26)27/h2-12H,1H3,(H,26,27)/p-1. The van der Waals surface area contributed by atoms with Crippen molar-refractivity contribution in [3.63, 3.8) is 0 Å². The van der Waals surface area contributed by atoms with Crippen molar-refractivity contribution in [1.82, 2.24) is 0 Å². The third kappa shape index (κ3) is 3.01. The molecule has 28 heavy (non-hydrogen) atoms. The van der Waals surface area contributed by atoms with Gasteiger partial charge in [-0.25, -0.2) is 4.90 Å². The van der Waals surface area contributed by atoms with Gasteiger partial charge in [0.05, 0.1) is 22.8 Å². The summed E-state index contributed by atoms with van der Waals surface area (Å²) in [6.45, 7) is 1.97. The molecule has 0 bridgehead atoms. The summed E-state index contributed by atoms with van der Waals surface area (Å²) in [4.78, 5) is 37.5. The van der Waals surface area contributed by atoms with E-state index in [2.05, 4.69) is 0 Å². The lowest BCUT2D eigenvalue weighted by molar-refractivity contribution is -0.255. The molecule has 0 aliphatic carbocycles. The zero-order chi connectivity index (χ0) is 19.8. The molecule has 3 aromatic carbocycles. The summed E-state index contributed by atoms with van der Waals surface area (Å²) in [6.07, 6.45) is 0. The number of hydrogen-bond acceptors (Lipinski definition) is 5. The van der Waals surface area contributed by atoms with Crippen LogP contribution in [0.4, 0.5) is 5.69 Å². The molecule has 138 valence electrons. The van der Waals surface area contributed by atoms with E-state index < -0.39 is 17.8 Å². The lowest BCUT2D eigenvalue weighted by Crippen LogP contribution is -2.30. The van der Waals surface area contributed by atoms with Crippen LogP contribution in [0.15, 0.2) is 66.7 Å².